The topological polar surface area (TPSA) is 46.5 Å². The number of imidazole rings is 1. The molecule has 0 amide bonds. The maximum absolute atomic E-state index is 4.43. The van der Waals surface area contributed by atoms with E-state index in [0.717, 1.165) is 27.9 Å². The molecule has 0 atom stereocenters. The SMILES string of the molecule is CC.Cc1nc2cnc3[nH]ccc3c2n1C. The van der Waals surface area contributed by atoms with Crippen LogP contribution in [-0.2, 0) is 7.05 Å². The molecule has 0 spiro atoms. The second kappa shape index (κ2) is 3.96. The van der Waals surface area contributed by atoms with Crippen LogP contribution in [0.25, 0.3) is 22.1 Å². The summed E-state index contributed by atoms with van der Waals surface area (Å²) >= 11 is 0. The number of nitrogens with one attached hydrogen (secondary N) is 1. The van der Waals surface area contributed by atoms with Gasteiger partial charge in [0.1, 0.15) is 17.0 Å². The number of rotatable bonds is 0. The van der Waals surface area contributed by atoms with Gasteiger partial charge in [-0.1, -0.05) is 13.8 Å². The fourth-order valence-electron chi connectivity index (χ4n) is 1.83. The van der Waals surface area contributed by atoms with Crippen molar-refractivity contribution in [1.82, 2.24) is 19.5 Å². The zero-order valence-electron chi connectivity index (χ0n) is 10.1. The molecular formula is C12H16N4. The van der Waals surface area contributed by atoms with Gasteiger partial charge in [-0.2, -0.15) is 0 Å². The molecule has 0 aliphatic rings. The fraction of sp³-hybridized carbons (Fsp3) is 0.333. The molecule has 3 aromatic rings. The number of fused-ring (bicyclic) bond motifs is 3. The first-order valence-corrected chi connectivity index (χ1v) is 5.52. The number of aryl methyl sites for hydroxylation is 2. The van der Waals surface area contributed by atoms with Crippen LogP contribution in [0, 0.1) is 6.92 Å². The molecular weight excluding hydrogens is 200 g/mol. The van der Waals surface area contributed by atoms with Gasteiger partial charge in [-0.25, -0.2) is 9.97 Å². The lowest BCUT2D eigenvalue weighted by molar-refractivity contribution is 0.888. The summed E-state index contributed by atoms with van der Waals surface area (Å²) in [6.07, 6.45) is 3.71. The quantitative estimate of drug-likeness (QED) is 0.628. The van der Waals surface area contributed by atoms with Crippen molar-refractivity contribution < 1.29 is 0 Å². The number of pyridine rings is 1. The Balaban J connectivity index is 0.000000457. The summed E-state index contributed by atoms with van der Waals surface area (Å²) in [4.78, 5) is 11.8. The summed E-state index contributed by atoms with van der Waals surface area (Å²) in [6.45, 7) is 6.00. The molecule has 84 valence electrons. The Morgan fingerprint density at radius 3 is 2.81 bits per heavy atom. The number of hydrogen-bond acceptors (Lipinski definition) is 2. The Hall–Kier alpha value is -1.84. The lowest BCUT2D eigenvalue weighted by Gasteiger charge is -1.97. The van der Waals surface area contributed by atoms with Crippen LogP contribution in [0.5, 0.6) is 0 Å². The standard InChI is InChI=1S/C10H10N4.C2H6/c1-6-13-8-5-12-10-7(3-4-11-10)9(8)14(6)2;1-2/h3-5H,1-2H3,(H,11,12);1-2H3. The third-order valence-electron chi connectivity index (χ3n) is 2.64. The smallest absolute Gasteiger partial charge is 0.139 e. The van der Waals surface area contributed by atoms with E-state index in [2.05, 4.69) is 19.5 Å². The first kappa shape index (κ1) is 10.7. The summed E-state index contributed by atoms with van der Waals surface area (Å²) in [5.41, 5.74) is 3.02. The van der Waals surface area contributed by atoms with E-state index in [9.17, 15) is 0 Å². The predicted molar refractivity (Wildman–Crippen MR) is 66.5 cm³/mol. The second-order valence-corrected chi connectivity index (χ2v) is 3.45. The Labute approximate surface area is 94.3 Å². The molecule has 3 aromatic heterocycles. The maximum atomic E-state index is 4.43. The van der Waals surface area contributed by atoms with Gasteiger partial charge in [0, 0.05) is 18.6 Å². The van der Waals surface area contributed by atoms with Crippen molar-refractivity contribution in [2.45, 2.75) is 20.8 Å². The summed E-state index contributed by atoms with van der Waals surface area (Å²) in [6, 6.07) is 2.03. The molecule has 0 aliphatic carbocycles. The Morgan fingerprint density at radius 2 is 2.06 bits per heavy atom. The van der Waals surface area contributed by atoms with Crippen LogP contribution >= 0.6 is 0 Å². The molecule has 16 heavy (non-hydrogen) atoms. The van der Waals surface area contributed by atoms with Crippen LogP contribution in [0.1, 0.15) is 19.7 Å². The van der Waals surface area contributed by atoms with Gasteiger partial charge in [0.25, 0.3) is 0 Å². The number of H-pyrrole nitrogens is 1. The molecule has 4 heteroatoms. The average Bonchev–Trinajstić information content (AvgIpc) is 2.87. The molecule has 0 aromatic carbocycles. The van der Waals surface area contributed by atoms with E-state index in [1.54, 1.807) is 6.20 Å². The lowest BCUT2D eigenvalue weighted by atomic mass is 10.3. The molecule has 3 heterocycles. The predicted octanol–water partition coefficient (Wildman–Crippen LogP) is 2.78. The summed E-state index contributed by atoms with van der Waals surface area (Å²) in [7, 11) is 2.02. The van der Waals surface area contributed by atoms with Gasteiger partial charge in [0.2, 0.25) is 0 Å². The van der Waals surface area contributed by atoms with Crippen molar-refractivity contribution in [1.29, 1.82) is 0 Å². The Kier molecular flexibility index (Phi) is 2.64. The highest BCUT2D eigenvalue weighted by Gasteiger charge is 2.08. The zero-order chi connectivity index (χ0) is 11.7. The lowest BCUT2D eigenvalue weighted by Crippen LogP contribution is -1.90. The van der Waals surface area contributed by atoms with E-state index in [1.165, 1.54) is 0 Å². The molecule has 0 saturated heterocycles. The van der Waals surface area contributed by atoms with Gasteiger partial charge in [-0.3, -0.25) is 0 Å². The van der Waals surface area contributed by atoms with Crippen LogP contribution < -0.4 is 0 Å². The van der Waals surface area contributed by atoms with Crippen molar-refractivity contribution in [2.24, 2.45) is 7.05 Å². The number of hydrogen-bond donors (Lipinski definition) is 1. The highest BCUT2D eigenvalue weighted by atomic mass is 15.1. The third kappa shape index (κ3) is 1.38. The largest absolute Gasteiger partial charge is 0.346 e. The third-order valence-corrected chi connectivity index (χ3v) is 2.64. The van der Waals surface area contributed by atoms with E-state index in [0.29, 0.717) is 0 Å². The molecule has 0 unspecified atom stereocenters. The average molecular weight is 216 g/mol. The first-order valence-electron chi connectivity index (χ1n) is 5.52. The Bertz CT molecular complexity index is 618. The van der Waals surface area contributed by atoms with Crippen molar-refractivity contribution in [3.63, 3.8) is 0 Å². The maximum Gasteiger partial charge on any atom is 0.139 e. The van der Waals surface area contributed by atoms with E-state index in [-0.39, 0.29) is 0 Å². The van der Waals surface area contributed by atoms with Crippen LogP contribution in [-0.4, -0.2) is 19.5 Å². The van der Waals surface area contributed by atoms with Gasteiger partial charge in [-0.05, 0) is 13.0 Å². The van der Waals surface area contributed by atoms with Crippen LogP contribution in [0.3, 0.4) is 0 Å². The molecule has 0 saturated carbocycles. The monoisotopic (exact) mass is 216 g/mol. The van der Waals surface area contributed by atoms with E-state index in [4.69, 9.17) is 0 Å². The molecule has 3 rings (SSSR count). The van der Waals surface area contributed by atoms with E-state index < -0.39 is 0 Å². The molecule has 0 radical (unpaired) electrons. The minimum Gasteiger partial charge on any atom is -0.346 e. The number of aromatic amines is 1. The van der Waals surface area contributed by atoms with Crippen LogP contribution in [0.4, 0.5) is 0 Å². The van der Waals surface area contributed by atoms with Gasteiger partial charge in [0.05, 0.1) is 11.7 Å². The zero-order valence-corrected chi connectivity index (χ0v) is 10.1. The molecule has 0 aliphatic heterocycles. The highest BCUT2D eigenvalue weighted by Crippen LogP contribution is 2.22. The van der Waals surface area contributed by atoms with Crippen molar-refractivity contribution in [2.75, 3.05) is 0 Å². The van der Waals surface area contributed by atoms with Gasteiger partial charge in [-0.15, -0.1) is 0 Å². The van der Waals surface area contributed by atoms with Gasteiger partial charge in [0.15, 0.2) is 0 Å². The fourth-order valence-corrected chi connectivity index (χ4v) is 1.83. The minimum atomic E-state index is 0.917. The molecule has 1 N–H and O–H groups in total. The highest BCUT2D eigenvalue weighted by molar-refractivity contribution is 6.01. The molecule has 4 nitrogen and oxygen atoms in total. The van der Waals surface area contributed by atoms with Gasteiger partial charge >= 0.3 is 0 Å². The normalized spacial score (nSPS) is 10.5. The van der Waals surface area contributed by atoms with E-state index >= 15 is 0 Å². The summed E-state index contributed by atoms with van der Waals surface area (Å²) in [5, 5.41) is 1.13. The van der Waals surface area contributed by atoms with Crippen molar-refractivity contribution in [3.05, 3.63) is 24.3 Å². The molecule has 0 fully saturated rings. The summed E-state index contributed by atoms with van der Waals surface area (Å²) in [5.74, 6) is 1.01. The van der Waals surface area contributed by atoms with Crippen LogP contribution in [0.2, 0.25) is 0 Å². The summed E-state index contributed by atoms with van der Waals surface area (Å²) < 4.78 is 2.09. The van der Waals surface area contributed by atoms with E-state index in [1.807, 2.05) is 40.1 Å². The second-order valence-electron chi connectivity index (χ2n) is 3.45. The minimum absolute atomic E-state index is 0.917. The molecule has 0 bridgehead atoms. The van der Waals surface area contributed by atoms with Crippen molar-refractivity contribution >= 4 is 22.1 Å². The van der Waals surface area contributed by atoms with Crippen molar-refractivity contribution in [3.8, 4) is 0 Å². The first-order chi connectivity index (χ1) is 7.77. The number of nitrogens with zero attached hydrogens (tertiary/aromatic N) is 3. The number of aromatic nitrogens is 4. The van der Waals surface area contributed by atoms with Crippen LogP contribution in [0.15, 0.2) is 18.5 Å². The Morgan fingerprint density at radius 1 is 1.31 bits per heavy atom. The van der Waals surface area contributed by atoms with Gasteiger partial charge < -0.3 is 9.55 Å².